The Bertz CT molecular complexity index is 802. The molecule has 4 bridgehead atoms. The van der Waals surface area contributed by atoms with E-state index in [2.05, 4.69) is 6.92 Å². The van der Waals surface area contributed by atoms with E-state index in [1.807, 2.05) is 19.1 Å². The highest BCUT2D eigenvalue weighted by atomic mass is 16.6. The highest BCUT2D eigenvalue weighted by Crippen LogP contribution is 2.78. The van der Waals surface area contributed by atoms with Crippen molar-refractivity contribution in [2.45, 2.75) is 64.1 Å². The van der Waals surface area contributed by atoms with Crippen molar-refractivity contribution in [3.05, 3.63) is 12.2 Å². The molecule has 27 heavy (non-hydrogen) atoms. The van der Waals surface area contributed by atoms with Crippen LogP contribution in [-0.4, -0.2) is 34.2 Å². The number of hydrogen-bond donors (Lipinski definition) is 1. The molecule has 5 aliphatic rings. The number of carbonyl (C=O) groups excluding carboxylic acids is 2. The van der Waals surface area contributed by atoms with Gasteiger partial charge in [-0.15, -0.1) is 0 Å². The fraction of sp³-hybridized carbons (Fsp3) is 0.762. The van der Waals surface area contributed by atoms with Crippen molar-refractivity contribution < 1.29 is 29.0 Å². The maximum atomic E-state index is 12.8. The molecule has 1 heterocycles. The lowest BCUT2D eigenvalue weighted by molar-refractivity contribution is -0.172. The number of aliphatic carboxylic acids is 1. The van der Waals surface area contributed by atoms with Crippen molar-refractivity contribution in [2.24, 2.45) is 34.5 Å². The number of carboxylic acid groups (broad SMARTS) is 1. The summed E-state index contributed by atoms with van der Waals surface area (Å²) in [7, 11) is 0. The zero-order chi connectivity index (χ0) is 19.4. The van der Waals surface area contributed by atoms with Gasteiger partial charge in [-0.1, -0.05) is 19.1 Å². The normalized spacial score (nSPS) is 54.3. The first-order valence-electron chi connectivity index (χ1n) is 9.95. The predicted octanol–water partition coefficient (Wildman–Crippen LogP) is 2.71. The van der Waals surface area contributed by atoms with Gasteiger partial charge >= 0.3 is 17.9 Å². The summed E-state index contributed by atoms with van der Waals surface area (Å²) in [6.07, 6.45) is 7.17. The number of ether oxygens (including phenoxy) is 2. The Labute approximate surface area is 158 Å². The van der Waals surface area contributed by atoms with Gasteiger partial charge in [0.25, 0.3) is 0 Å². The summed E-state index contributed by atoms with van der Waals surface area (Å²) < 4.78 is 11.9. The first kappa shape index (κ1) is 17.3. The molecule has 8 atom stereocenters. The van der Waals surface area contributed by atoms with Crippen LogP contribution < -0.4 is 0 Å². The number of hydrogen-bond acceptors (Lipinski definition) is 5. The van der Waals surface area contributed by atoms with Crippen molar-refractivity contribution in [3.8, 4) is 0 Å². The Kier molecular flexibility index (Phi) is 3.04. The zero-order valence-electron chi connectivity index (χ0n) is 16.0. The molecule has 0 aromatic rings. The largest absolute Gasteiger partial charge is 0.481 e. The molecule has 5 rings (SSSR count). The molecule has 0 amide bonds. The molecular formula is C21H26O6. The van der Waals surface area contributed by atoms with Gasteiger partial charge in [0, 0.05) is 25.2 Å². The highest BCUT2D eigenvalue weighted by molar-refractivity contribution is 5.86. The third kappa shape index (κ3) is 1.71. The van der Waals surface area contributed by atoms with Crippen LogP contribution in [0.4, 0.5) is 0 Å². The maximum absolute atomic E-state index is 12.8. The van der Waals surface area contributed by atoms with Crippen LogP contribution >= 0.6 is 0 Å². The molecule has 1 N–H and O–H groups in total. The first-order chi connectivity index (χ1) is 12.6. The topological polar surface area (TPSA) is 89.9 Å². The van der Waals surface area contributed by atoms with E-state index >= 15 is 0 Å². The van der Waals surface area contributed by atoms with Crippen LogP contribution in [0, 0.1) is 34.5 Å². The van der Waals surface area contributed by atoms with Crippen LogP contribution in [-0.2, 0) is 23.9 Å². The summed E-state index contributed by atoms with van der Waals surface area (Å²) in [5.41, 5.74) is -2.69. The van der Waals surface area contributed by atoms with Gasteiger partial charge in [-0.25, -0.2) is 0 Å². The molecule has 4 fully saturated rings. The quantitative estimate of drug-likeness (QED) is 0.590. The average Bonchev–Trinajstić information content (AvgIpc) is 2.96. The summed E-state index contributed by atoms with van der Waals surface area (Å²) >= 11 is 0. The van der Waals surface area contributed by atoms with Gasteiger partial charge in [-0.3, -0.25) is 14.4 Å². The molecule has 0 aromatic carbocycles. The molecule has 1 spiro atoms. The molecular weight excluding hydrogens is 348 g/mol. The van der Waals surface area contributed by atoms with E-state index in [1.54, 1.807) is 0 Å². The molecule has 1 saturated heterocycles. The van der Waals surface area contributed by atoms with Crippen molar-refractivity contribution >= 4 is 17.9 Å². The van der Waals surface area contributed by atoms with E-state index in [9.17, 15) is 19.5 Å². The standard InChI is InChI=1S/C21H26O6/c1-11-9-19-10-20(11,26-12(2)22)8-5-13(19)21-7-4-6-18(3,17(25)27-21)15(21)14(19)16(23)24/h4,6,11,13-15H,5,7-10H2,1-3H3,(H,23,24)/t11-,13-,14-,15-,18+,19+,20+,21-/m1/s1. The van der Waals surface area contributed by atoms with Gasteiger partial charge in [0.15, 0.2) is 0 Å². The van der Waals surface area contributed by atoms with Gasteiger partial charge in [-0.2, -0.15) is 0 Å². The van der Waals surface area contributed by atoms with Gasteiger partial charge < -0.3 is 14.6 Å². The molecule has 0 unspecified atom stereocenters. The Morgan fingerprint density at radius 2 is 2.11 bits per heavy atom. The smallest absolute Gasteiger partial charge is 0.316 e. The van der Waals surface area contributed by atoms with Crippen LogP contribution in [0.5, 0.6) is 0 Å². The SMILES string of the molecule is CC(=O)O[C@]12CC[C@@H]3[C@](C[C@H]1C)(C2)[C@@H](C(=O)O)[C@H]1[C@@]32CC=C[C@]1(C)C(=O)O2. The van der Waals surface area contributed by atoms with Crippen LogP contribution in [0.15, 0.2) is 12.2 Å². The number of carbonyl (C=O) groups is 3. The first-order valence-corrected chi connectivity index (χ1v) is 9.95. The Hall–Kier alpha value is -1.85. The minimum absolute atomic E-state index is 0.000424. The van der Waals surface area contributed by atoms with E-state index in [1.165, 1.54) is 6.92 Å². The van der Waals surface area contributed by atoms with E-state index in [-0.39, 0.29) is 29.7 Å². The minimum Gasteiger partial charge on any atom is -0.481 e. The number of esters is 2. The van der Waals surface area contributed by atoms with E-state index in [0.29, 0.717) is 25.7 Å². The summed E-state index contributed by atoms with van der Waals surface area (Å²) in [5.74, 6) is -2.36. The molecule has 4 aliphatic carbocycles. The third-order valence-electron chi connectivity index (χ3n) is 8.71. The summed E-state index contributed by atoms with van der Waals surface area (Å²) in [5, 5.41) is 10.3. The fourth-order valence-corrected chi connectivity index (χ4v) is 8.08. The molecule has 0 radical (unpaired) electrons. The predicted molar refractivity (Wildman–Crippen MR) is 93.4 cm³/mol. The molecule has 6 nitrogen and oxygen atoms in total. The second-order valence-corrected chi connectivity index (χ2v) is 9.79. The minimum atomic E-state index is -0.886. The summed E-state index contributed by atoms with van der Waals surface area (Å²) in [6.45, 7) is 5.33. The van der Waals surface area contributed by atoms with Crippen molar-refractivity contribution in [2.75, 3.05) is 0 Å². The monoisotopic (exact) mass is 374 g/mol. The lowest BCUT2D eigenvalue weighted by Gasteiger charge is -2.46. The Morgan fingerprint density at radius 1 is 1.37 bits per heavy atom. The van der Waals surface area contributed by atoms with E-state index in [4.69, 9.17) is 9.47 Å². The van der Waals surface area contributed by atoms with Crippen molar-refractivity contribution in [1.29, 1.82) is 0 Å². The number of rotatable bonds is 2. The number of carboxylic acids is 1. The zero-order valence-corrected chi connectivity index (χ0v) is 16.0. The Morgan fingerprint density at radius 3 is 2.78 bits per heavy atom. The lowest BCUT2D eigenvalue weighted by atomic mass is 9.62. The van der Waals surface area contributed by atoms with Crippen LogP contribution in [0.2, 0.25) is 0 Å². The second-order valence-electron chi connectivity index (χ2n) is 9.79. The lowest BCUT2D eigenvalue weighted by Crippen LogP contribution is -2.49. The van der Waals surface area contributed by atoms with Crippen LogP contribution in [0.3, 0.4) is 0 Å². The molecule has 3 saturated carbocycles. The molecule has 1 aliphatic heterocycles. The van der Waals surface area contributed by atoms with Crippen molar-refractivity contribution in [3.63, 3.8) is 0 Å². The molecule has 0 aromatic heterocycles. The van der Waals surface area contributed by atoms with Gasteiger partial charge in [0.2, 0.25) is 0 Å². The van der Waals surface area contributed by atoms with E-state index in [0.717, 1.165) is 6.42 Å². The summed E-state index contributed by atoms with van der Waals surface area (Å²) in [6, 6.07) is 0. The van der Waals surface area contributed by atoms with Crippen LogP contribution in [0.25, 0.3) is 0 Å². The molecule has 6 heteroatoms. The van der Waals surface area contributed by atoms with Gasteiger partial charge in [0.1, 0.15) is 11.2 Å². The second kappa shape index (κ2) is 4.76. The van der Waals surface area contributed by atoms with Gasteiger partial charge in [-0.05, 0) is 43.9 Å². The summed E-state index contributed by atoms with van der Waals surface area (Å²) in [4.78, 5) is 37.2. The van der Waals surface area contributed by atoms with E-state index < -0.39 is 33.9 Å². The van der Waals surface area contributed by atoms with Crippen LogP contribution in [0.1, 0.15) is 52.9 Å². The molecule has 146 valence electrons. The van der Waals surface area contributed by atoms with Crippen molar-refractivity contribution in [1.82, 2.24) is 0 Å². The average molecular weight is 374 g/mol. The Balaban J connectivity index is 1.69. The number of fused-ring (bicyclic) bond motifs is 1. The fourth-order valence-electron chi connectivity index (χ4n) is 8.08. The highest BCUT2D eigenvalue weighted by Gasteiger charge is 2.83. The van der Waals surface area contributed by atoms with Gasteiger partial charge in [0.05, 0.1) is 11.3 Å². The third-order valence-corrected chi connectivity index (χ3v) is 8.71. The maximum Gasteiger partial charge on any atom is 0.316 e.